The topological polar surface area (TPSA) is 61.0 Å². The number of H-pyrrole nitrogens is 1. The predicted molar refractivity (Wildman–Crippen MR) is 105 cm³/mol. The fraction of sp³-hybridized carbons (Fsp3) is 0.600. The third-order valence-electron chi connectivity index (χ3n) is 5.58. The lowest BCUT2D eigenvalue weighted by molar-refractivity contribution is 0.0937. The number of aromatic nitrogens is 2. The summed E-state index contributed by atoms with van der Waals surface area (Å²) in [4.78, 5) is 24.8. The SMILES string of the molecule is O=C(N[C@@H]1CCCN(Cc2cnc[nH]2)CC1)c1cc2c(s1)CCCCC2. The standard InChI is InChI=1S/C20H28N4OS/c25-20(19-11-15-5-2-1-3-7-18(15)26-19)23-16-6-4-9-24(10-8-16)13-17-12-21-14-22-17/h11-12,14,16H,1-10,13H2,(H,21,22)(H,23,25)/t16-/m1/s1. The Morgan fingerprint density at radius 2 is 2.15 bits per heavy atom. The summed E-state index contributed by atoms with van der Waals surface area (Å²) in [6, 6.07) is 2.44. The van der Waals surface area contributed by atoms with Crippen molar-refractivity contribution in [1.82, 2.24) is 20.2 Å². The zero-order valence-corrected chi connectivity index (χ0v) is 16.1. The van der Waals surface area contributed by atoms with E-state index in [9.17, 15) is 4.79 Å². The van der Waals surface area contributed by atoms with Crippen molar-refractivity contribution >= 4 is 17.2 Å². The molecule has 140 valence electrons. The molecule has 1 fully saturated rings. The van der Waals surface area contributed by atoms with Gasteiger partial charge in [0.15, 0.2) is 0 Å². The van der Waals surface area contributed by atoms with Crippen molar-refractivity contribution in [2.45, 2.75) is 64.0 Å². The number of hydrogen-bond donors (Lipinski definition) is 2. The number of carbonyl (C=O) groups is 1. The number of carbonyl (C=O) groups excluding carboxylic acids is 1. The van der Waals surface area contributed by atoms with Crippen LogP contribution in [0.1, 0.15) is 64.3 Å². The first-order valence-electron chi connectivity index (χ1n) is 9.90. The summed E-state index contributed by atoms with van der Waals surface area (Å²) in [6.07, 6.45) is 13.0. The second-order valence-corrected chi connectivity index (χ2v) is 8.71. The van der Waals surface area contributed by atoms with Gasteiger partial charge in [-0.1, -0.05) is 6.42 Å². The maximum atomic E-state index is 12.7. The summed E-state index contributed by atoms with van der Waals surface area (Å²) in [5.74, 6) is 0.134. The number of amides is 1. The molecule has 0 radical (unpaired) electrons. The molecular formula is C20H28N4OS. The Balaban J connectivity index is 1.32. The van der Waals surface area contributed by atoms with E-state index in [4.69, 9.17) is 0 Å². The molecule has 2 aromatic heterocycles. The molecule has 6 heteroatoms. The second-order valence-electron chi connectivity index (χ2n) is 7.57. The highest BCUT2D eigenvalue weighted by Crippen LogP contribution is 2.29. The number of aromatic amines is 1. The average molecular weight is 373 g/mol. The van der Waals surface area contributed by atoms with Crippen LogP contribution in [0.15, 0.2) is 18.6 Å². The van der Waals surface area contributed by atoms with Gasteiger partial charge in [-0.2, -0.15) is 0 Å². The number of fused-ring (bicyclic) bond motifs is 1. The van der Waals surface area contributed by atoms with E-state index in [0.717, 1.165) is 62.3 Å². The van der Waals surface area contributed by atoms with Crippen LogP contribution < -0.4 is 5.32 Å². The summed E-state index contributed by atoms with van der Waals surface area (Å²) in [6.45, 7) is 3.02. The minimum atomic E-state index is 0.134. The highest BCUT2D eigenvalue weighted by atomic mass is 32.1. The Bertz CT molecular complexity index is 701. The van der Waals surface area contributed by atoms with Gasteiger partial charge in [0.05, 0.1) is 11.2 Å². The molecule has 2 N–H and O–H groups in total. The zero-order chi connectivity index (χ0) is 17.8. The minimum Gasteiger partial charge on any atom is -0.349 e. The highest BCUT2D eigenvalue weighted by molar-refractivity contribution is 7.14. The van der Waals surface area contributed by atoms with Crippen LogP contribution in [-0.4, -0.2) is 39.9 Å². The normalized spacial score (nSPS) is 21.6. The van der Waals surface area contributed by atoms with Crippen molar-refractivity contribution in [1.29, 1.82) is 0 Å². The smallest absolute Gasteiger partial charge is 0.261 e. The molecule has 1 aliphatic heterocycles. The van der Waals surface area contributed by atoms with E-state index in [0.29, 0.717) is 0 Å². The number of nitrogens with zero attached hydrogens (tertiary/aromatic N) is 2. The Labute approximate surface area is 159 Å². The molecule has 0 spiro atoms. The molecule has 0 unspecified atom stereocenters. The highest BCUT2D eigenvalue weighted by Gasteiger charge is 2.22. The Morgan fingerprint density at radius 1 is 1.23 bits per heavy atom. The lowest BCUT2D eigenvalue weighted by atomic mass is 10.1. The van der Waals surface area contributed by atoms with Crippen LogP contribution in [0.4, 0.5) is 0 Å². The first-order chi connectivity index (χ1) is 12.8. The first-order valence-corrected chi connectivity index (χ1v) is 10.7. The van der Waals surface area contributed by atoms with E-state index in [-0.39, 0.29) is 11.9 Å². The largest absolute Gasteiger partial charge is 0.349 e. The fourth-order valence-corrected chi connectivity index (χ4v) is 5.26. The number of aryl methyl sites for hydroxylation is 2. The van der Waals surface area contributed by atoms with Crippen molar-refractivity contribution in [3.8, 4) is 0 Å². The van der Waals surface area contributed by atoms with Gasteiger partial charge < -0.3 is 10.3 Å². The van der Waals surface area contributed by atoms with Gasteiger partial charge in [0.2, 0.25) is 0 Å². The van der Waals surface area contributed by atoms with Crippen LogP contribution in [0.2, 0.25) is 0 Å². The summed E-state index contributed by atoms with van der Waals surface area (Å²) >= 11 is 1.72. The average Bonchev–Trinajstić information content (AvgIpc) is 3.17. The number of hydrogen-bond acceptors (Lipinski definition) is 4. The quantitative estimate of drug-likeness (QED) is 0.807. The summed E-state index contributed by atoms with van der Waals surface area (Å²) in [5, 5.41) is 3.30. The Morgan fingerprint density at radius 3 is 3.04 bits per heavy atom. The third-order valence-corrected chi connectivity index (χ3v) is 6.81. The second kappa shape index (κ2) is 8.35. The molecule has 2 aromatic rings. The van der Waals surface area contributed by atoms with Crippen molar-refractivity contribution < 1.29 is 4.79 Å². The number of imidazole rings is 1. The molecule has 0 bridgehead atoms. The molecule has 5 nitrogen and oxygen atoms in total. The van der Waals surface area contributed by atoms with Crippen LogP contribution in [-0.2, 0) is 19.4 Å². The van der Waals surface area contributed by atoms with E-state index in [1.165, 1.54) is 29.7 Å². The number of likely N-dealkylation sites (tertiary alicyclic amines) is 1. The lowest BCUT2D eigenvalue weighted by Gasteiger charge is -2.19. The van der Waals surface area contributed by atoms with Crippen molar-refractivity contribution in [2.75, 3.05) is 13.1 Å². The van der Waals surface area contributed by atoms with E-state index >= 15 is 0 Å². The Kier molecular flexibility index (Phi) is 5.70. The van der Waals surface area contributed by atoms with Gasteiger partial charge in [-0.25, -0.2) is 4.98 Å². The van der Waals surface area contributed by atoms with Crippen molar-refractivity contribution in [3.63, 3.8) is 0 Å². The van der Waals surface area contributed by atoms with Crippen LogP contribution in [0.25, 0.3) is 0 Å². The lowest BCUT2D eigenvalue weighted by Crippen LogP contribution is -2.35. The minimum absolute atomic E-state index is 0.134. The maximum absolute atomic E-state index is 12.7. The molecule has 26 heavy (non-hydrogen) atoms. The fourth-order valence-electron chi connectivity index (χ4n) is 4.11. The number of nitrogens with one attached hydrogen (secondary N) is 2. The molecule has 1 amide bonds. The van der Waals surface area contributed by atoms with E-state index in [2.05, 4.69) is 26.3 Å². The molecular weight excluding hydrogens is 344 g/mol. The summed E-state index contributed by atoms with van der Waals surface area (Å²) in [7, 11) is 0. The predicted octanol–water partition coefficient (Wildman–Crippen LogP) is 3.52. The van der Waals surface area contributed by atoms with Crippen LogP contribution in [0, 0.1) is 0 Å². The van der Waals surface area contributed by atoms with Gasteiger partial charge in [-0.15, -0.1) is 11.3 Å². The van der Waals surface area contributed by atoms with Crippen molar-refractivity contribution in [3.05, 3.63) is 39.6 Å². The molecule has 0 aromatic carbocycles. The van der Waals surface area contributed by atoms with Gasteiger partial charge in [0.1, 0.15) is 0 Å². The van der Waals surface area contributed by atoms with Crippen LogP contribution >= 0.6 is 11.3 Å². The van der Waals surface area contributed by atoms with Crippen LogP contribution in [0.5, 0.6) is 0 Å². The monoisotopic (exact) mass is 372 g/mol. The van der Waals surface area contributed by atoms with Gasteiger partial charge in [0, 0.05) is 35.9 Å². The van der Waals surface area contributed by atoms with Crippen LogP contribution in [0.3, 0.4) is 0 Å². The first kappa shape index (κ1) is 17.7. The molecule has 1 atom stereocenters. The van der Waals surface area contributed by atoms with Gasteiger partial charge in [-0.3, -0.25) is 9.69 Å². The molecule has 1 saturated heterocycles. The molecule has 1 aliphatic carbocycles. The molecule has 0 saturated carbocycles. The van der Waals surface area contributed by atoms with E-state index in [1.807, 2.05) is 6.20 Å². The van der Waals surface area contributed by atoms with E-state index in [1.54, 1.807) is 17.7 Å². The molecule has 3 heterocycles. The van der Waals surface area contributed by atoms with Gasteiger partial charge in [0.25, 0.3) is 5.91 Å². The maximum Gasteiger partial charge on any atom is 0.261 e. The van der Waals surface area contributed by atoms with E-state index < -0.39 is 0 Å². The number of rotatable bonds is 4. The molecule has 4 rings (SSSR count). The van der Waals surface area contributed by atoms with Gasteiger partial charge in [-0.05, 0) is 63.1 Å². The molecule has 2 aliphatic rings. The van der Waals surface area contributed by atoms with Crippen molar-refractivity contribution in [2.24, 2.45) is 0 Å². The number of thiophene rings is 1. The summed E-state index contributed by atoms with van der Waals surface area (Å²) < 4.78 is 0. The third kappa shape index (κ3) is 4.35. The zero-order valence-electron chi connectivity index (χ0n) is 15.3. The summed E-state index contributed by atoms with van der Waals surface area (Å²) in [5.41, 5.74) is 2.58. The van der Waals surface area contributed by atoms with Gasteiger partial charge >= 0.3 is 0 Å². The Hall–Kier alpha value is -1.66.